The number of para-hydroxylation sites is 1. The van der Waals surface area contributed by atoms with Crippen molar-refractivity contribution < 1.29 is 4.79 Å². The number of benzene rings is 2. The maximum absolute atomic E-state index is 12.8. The summed E-state index contributed by atoms with van der Waals surface area (Å²) in [5.41, 5.74) is 4.71. The molecule has 160 valence electrons. The number of rotatable bonds is 9. The van der Waals surface area contributed by atoms with Crippen LogP contribution in [0.1, 0.15) is 18.9 Å². The molecule has 1 N–H and O–H groups in total. The van der Waals surface area contributed by atoms with Gasteiger partial charge in [0.25, 0.3) is 0 Å². The molecule has 31 heavy (non-hydrogen) atoms. The van der Waals surface area contributed by atoms with E-state index in [0.717, 1.165) is 36.1 Å². The van der Waals surface area contributed by atoms with E-state index >= 15 is 0 Å². The highest BCUT2D eigenvalue weighted by molar-refractivity contribution is 7.13. The maximum Gasteiger partial charge on any atom is 0.239 e. The van der Waals surface area contributed by atoms with E-state index in [4.69, 9.17) is 0 Å². The maximum atomic E-state index is 12.8. The van der Waals surface area contributed by atoms with Gasteiger partial charge in [0.05, 0.1) is 10.6 Å². The summed E-state index contributed by atoms with van der Waals surface area (Å²) in [4.78, 5) is 16.3. The zero-order chi connectivity index (χ0) is 21.6. The predicted molar refractivity (Wildman–Crippen MR) is 132 cm³/mol. The SMILES string of the molecule is CCN(CCCNC(=O)Cn1c(-c2cccs2)cc2ccccc21)c1cccc(C)c1. The summed E-state index contributed by atoms with van der Waals surface area (Å²) in [6, 6.07) is 23.2. The van der Waals surface area contributed by atoms with Gasteiger partial charge in [0.15, 0.2) is 0 Å². The van der Waals surface area contributed by atoms with Crippen LogP contribution >= 0.6 is 11.3 Å². The van der Waals surface area contributed by atoms with Gasteiger partial charge in [-0.15, -0.1) is 11.3 Å². The molecule has 4 nitrogen and oxygen atoms in total. The first-order valence-corrected chi connectivity index (χ1v) is 11.7. The van der Waals surface area contributed by atoms with Crippen molar-refractivity contribution in [2.24, 2.45) is 0 Å². The Morgan fingerprint density at radius 1 is 1.06 bits per heavy atom. The van der Waals surface area contributed by atoms with Gasteiger partial charge in [0.2, 0.25) is 5.91 Å². The van der Waals surface area contributed by atoms with Gasteiger partial charge in [-0.25, -0.2) is 0 Å². The molecule has 0 radical (unpaired) electrons. The van der Waals surface area contributed by atoms with E-state index in [0.29, 0.717) is 13.1 Å². The molecular weight excluding hydrogens is 402 g/mol. The molecule has 0 spiro atoms. The average molecular weight is 432 g/mol. The van der Waals surface area contributed by atoms with Crippen molar-refractivity contribution in [3.05, 3.63) is 77.7 Å². The zero-order valence-electron chi connectivity index (χ0n) is 18.2. The number of aromatic nitrogens is 1. The molecule has 0 atom stereocenters. The summed E-state index contributed by atoms with van der Waals surface area (Å²) in [5.74, 6) is 0.0535. The standard InChI is InChI=1S/C26H29N3OS/c1-3-28(22-11-6-9-20(2)17-22)15-8-14-27-26(30)19-29-23-12-5-4-10-21(23)18-24(29)25-13-7-16-31-25/h4-7,9-13,16-18H,3,8,14-15,19H2,1-2H3,(H,27,30). The van der Waals surface area contributed by atoms with Crippen LogP contribution in [0.2, 0.25) is 0 Å². The Morgan fingerprint density at radius 3 is 2.71 bits per heavy atom. The Morgan fingerprint density at radius 2 is 1.94 bits per heavy atom. The monoisotopic (exact) mass is 431 g/mol. The molecule has 0 aliphatic heterocycles. The summed E-state index contributed by atoms with van der Waals surface area (Å²) in [5, 5.41) is 6.35. The lowest BCUT2D eigenvalue weighted by Crippen LogP contribution is -2.32. The van der Waals surface area contributed by atoms with Gasteiger partial charge in [0.1, 0.15) is 6.54 Å². The molecule has 1 amide bonds. The molecule has 0 fully saturated rings. The van der Waals surface area contributed by atoms with Gasteiger partial charge >= 0.3 is 0 Å². The molecule has 0 bridgehead atoms. The summed E-state index contributed by atoms with van der Waals surface area (Å²) in [6.45, 7) is 7.17. The van der Waals surface area contributed by atoms with E-state index in [2.05, 4.69) is 88.6 Å². The van der Waals surface area contributed by atoms with Gasteiger partial charge in [-0.05, 0) is 61.5 Å². The first kappa shape index (κ1) is 21.2. The van der Waals surface area contributed by atoms with Gasteiger partial charge in [-0.3, -0.25) is 4.79 Å². The third-order valence-corrected chi connectivity index (χ3v) is 6.45. The number of aryl methyl sites for hydroxylation is 1. The molecule has 0 unspecified atom stereocenters. The number of fused-ring (bicyclic) bond motifs is 1. The van der Waals surface area contributed by atoms with Gasteiger partial charge in [-0.2, -0.15) is 0 Å². The summed E-state index contributed by atoms with van der Waals surface area (Å²) in [6.07, 6.45) is 0.914. The second-order valence-corrected chi connectivity index (χ2v) is 8.72. The Hall–Kier alpha value is -3.05. The van der Waals surface area contributed by atoms with Crippen molar-refractivity contribution in [2.75, 3.05) is 24.5 Å². The number of carbonyl (C=O) groups excluding carboxylic acids is 1. The fourth-order valence-corrected chi connectivity index (χ4v) is 4.75. The molecule has 0 saturated heterocycles. The summed E-state index contributed by atoms with van der Waals surface area (Å²) >= 11 is 1.70. The van der Waals surface area contributed by atoms with E-state index in [1.165, 1.54) is 16.1 Å². The number of hydrogen-bond donors (Lipinski definition) is 1. The van der Waals surface area contributed by atoms with E-state index in [1.807, 2.05) is 12.1 Å². The van der Waals surface area contributed by atoms with Crippen LogP contribution in [-0.2, 0) is 11.3 Å². The second kappa shape index (κ2) is 9.84. The van der Waals surface area contributed by atoms with Gasteiger partial charge in [-0.1, -0.05) is 36.4 Å². The minimum Gasteiger partial charge on any atom is -0.372 e. The van der Waals surface area contributed by atoms with Crippen LogP contribution in [0.4, 0.5) is 5.69 Å². The van der Waals surface area contributed by atoms with Gasteiger partial charge < -0.3 is 14.8 Å². The highest BCUT2D eigenvalue weighted by atomic mass is 32.1. The first-order valence-electron chi connectivity index (χ1n) is 10.9. The Labute approximate surface area is 188 Å². The second-order valence-electron chi connectivity index (χ2n) is 7.77. The molecule has 4 aromatic rings. The van der Waals surface area contributed by atoms with E-state index in [9.17, 15) is 4.79 Å². The smallest absolute Gasteiger partial charge is 0.239 e. The van der Waals surface area contributed by atoms with Crippen LogP contribution in [0.5, 0.6) is 0 Å². The summed E-state index contributed by atoms with van der Waals surface area (Å²) in [7, 11) is 0. The van der Waals surface area contributed by atoms with Crippen LogP contribution < -0.4 is 10.2 Å². The Balaban J connectivity index is 1.37. The first-order chi connectivity index (χ1) is 15.2. The van der Waals surface area contributed by atoms with Crippen LogP contribution in [-0.4, -0.2) is 30.1 Å². The molecule has 2 aromatic carbocycles. The number of hydrogen-bond acceptors (Lipinski definition) is 3. The normalized spacial score (nSPS) is 11.0. The minimum absolute atomic E-state index is 0.0535. The predicted octanol–water partition coefficient (Wildman–Crippen LogP) is 5.71. The van der Waals surface area contributed by atoms with Crippen LogP contribution in [0.15, 0.2) is 72.1 Å². The third-order valence-electron chi connectivity index (χ3n) is 5.56. The van der Waals surface area contributed by atoms with E-state index < -0.39 is 0 Å². The lowest BCUT2D eigenvalue weighted by molar-refractivity contribution is -0.121. The molecule has 2 aromatic heterocycles. The molecule has 0 aliphatic rings. The van der Waals surface area contributed by atoms with Crippen molar-refractivity contribution in [3.63, 3.8) is 0 Å². The molecule has 0 saturated carbocycles. The van der Waals surface area contributed by atoms with E-state index in [-0.39, 0.29) is 5.91 Å². The van der Waals surface area contributed by atoms with Gasteiger partial charge in [0, 0.05) is 36.2 Å². The van der Waals surface area contributed by atoms with Crippen molar-refractivity contribution in [1.82, 2.24) is 9.88 Å². The summed E-state index contributed by atoms with van der Waals surface area (Å²) < 4.78 is 2.13. The third kappa shape index (κ3) is 5.00. The number of nitrogens with zero attached hydrogens (tertiary/aromatic N) is 2. The van der Waals surface area contributed by atoms with Crippen LogP contribution in [0.3, 0.4) is 0 Å². The number of amides is 1. The molecular formula is C26H29N3OS. The molecule has 4 rings (SSSR count). The van der Waals surface area contributed by atoms with Crippen molar-refractivity contribution in [3.8, 4) is 10.6 Å². The average Bonchev–Trinajstić information content (AvgIpc) is 3.42. The Bertz CT molecular complexity index is 1150. The van der Waals surface area contributed by atoms with E-state index in [1.54, 1.807) is 11.3 Å². The van der Waals surface area contributed by atoms with Crippen LogP contribution in [0, 0.1) is 6.92 Å². The van der Waals surface area contributed by atoms with Crippen LogP contribution in [0.25, 0.3) is 21.5 Å². The molecule has 2 heterocycles. The fourth-order valence-electron chi connectivity index (χ4n) is 4.00. The minimum atomic E-state index is 0.0535. The highest BCUT2D eigenvalue weighted by Gasteiger charge is 2.14. The molecule has 0 aliphatic carbocycles. The number of thiophene rings is 1. The zero-order valence-corrected chi connectivity index (χ0v) is 19.0. The largest absolute Gasteiger partial charge is 0.372 e. The lowest BCUT2D eigenvalue weighted by Gasteiger charge is -2.23. The number of anilines is 1. The number of nitrogens with one attached hydrogen (secondary N) is 1. The molecule has 5 heteroatoms. The highest BCUT2D eigenvalue weighted by Crippen LogP contribution is 2.31. The van der Waals surface area contributed by atoms with Crippen molar-refractivity contribution in [1.29, 1.82) is 0 Å². The quantitative estimate of drug-likeness (QED) is 0.345. The van der Waals surface area contributed by atoms with Crippen molar-refractivity contribution in [2.45, 2.75) is 26.8 Å². The lowest BCUT2D eigenvalue weighted by atomic mass is 10.2. The fraction of sp³-hybridized carbons (Fsp3) is 0.269. The van der Waals surface area contributed by atoms with Crippen molar-refractivity contribution >= 4 is 33.8 Å². The Kier molecular flexibility index (Phi) is 6.73. The topological polar surface area (TPSA) is 37.3 Å². The number of carbonyl (C=O) groups is 1.